The molecule has 5 heteroatoms. The van der Waals surface area contributed by atoms with Gasteiger partial charge < -0.3 is 4.43 Å². The third kappa shape index (κ3) is 6.53. The zero-order valence-electron chi connectivity index (χ0n) is 18.7. The Morgan fingerprint density at radius 1 is 1.00 bits per heavy atom. The first-order valence-electron chi connectivity index (χ1n) is 10.2. The molecule has 0 aliphatic rings. The summed E-state index contributed by atoms with van der Waals surface area (Å²) in [4.78, 5) is 6.69. The Balaban J connectivity index is 2.36. The predicted octanol–water partition coefficient (Wildman–Crippen LogP) is 7.07. The molecular formula is C23H37NO2SSi. The van der Waals surface area contributed by atoms with Crippen LogP contribution in [0.25, 0.3) is 0 Å². The van der Waals surface area contributed by atoms with Crippen LogP contribution < -0.4 is 0 Å². The molecule has 1 aromatic carbocycles. The number of rotatable bonds is 10. The van der Waals surface area contributed by atoms with Gasteiger partial charge in [-0.1, -0.05) is 44.2 Å². The molecule has 2 unspecified atom stereocenters. The van der Waals surface area contributed by atoms with Gasteiger partial charge in [0, 0.05) is 0 Å². The van der Waals surface area contributed by atoms with Crippen LogP contribution in [0.15, 0.2) is 47.2 Å². The van der Waals surface area contributed by atoms with E-state index in [0.717, 1.165) is 0 Å². The molecule has 0 saturated carbocycles. The lowest BCUT2D eigenvalue weighted by Gasteiger charge is -2.46. The second-order valence-electron chi connectivity index (χ2n) is 9.44. The van der Waals surface area contributed by atoms with Crippen LogP contribution in [-0.4, -0.2) is 25.5 Å². The van der Waals surface area contributed by atoms with Crippen molar-refractivity contribution in [2.45, 2.75) is 71.9 Å². The highest BCUT2D eigenvalue weighted by Gasteiger charge is 2.39. The molecule has 0 spiro atoms. The van der Waals surface area contributed by atoms with Gasteiger partial charge in [0.1, 0.15) is 6.10 Å². The summed E-state index contributed by atoms with van der Waals surface area (Å²) in [6.07, 6.45) is -0.0350. The molecule has 0 radical (unpaired) electrons. The number of thiophene rings is 1. The van der Waals surface area contributed by atoms with Gasteiger partial charge in [0.05, 0.1) is 18.2 Å². The maximum Gasteiger partial charge on any atom is 0.183 e. The second-order valence-corrected chi connectivity index (χ2v) is 14.7. The Morgan fingerprint density at radius 3 is 2.14 bits per heavy atom. The minimum absolute atomic E-state index is 0.0350. The number of benzene rings is 1. The largest absolute Gasteiger partial charge is 0.416 e. The van der Waals surface area contributed by atoms with E-state index >= 15 is 0 Å². The van der Waals surface area contributed by atoms with Crippen molar-refractivity contribution < 1.29 is 9.26 Å². The van der Waals surface area contributed by atoms with Crippen molar-refractivity contribution >= 4 is 19.7 Å². The van der Waals surface area contributed by atoms with Crippen molar-refractivity contribution in [1.29, 1.82) is 0 Å². The molecule has 0 aliphatic carbocycles. The van der Waals surface area contributed by atoms with Crippen molar-refractivity contribution in [3.63, 3.8) is 0 Å². The number of nitrogens with zero attached hydrogens (tertiary/aromatic N) is 1. The highest BCUT2D eigenvalue weighted by atomic mass is 32.1. The average molecular weight is 420 g/mol. The summed E-state index contributed by atoms with van der Waals surface area (Å²) in [7, 11) is -1.63. The summed E-state index contributed by atoms with van der Waals surface area (Å²) in [5, 5.41) is 6.59. The first-order valence-corrected chi connectivity index (χ1v) is 14.5. The van der Waals surface area contributed by atoms with Gasteiger partial charge in [-0.15, -0.1) is 0 Å². The third-order valence-electron chi connectivity index (χ3n) is 4.76. The van der Waals surface area contributed by atoms with Crippen LogP contribution in [0, 0.1) is 5.92 Å². The topological polar surface area (TPSA) is 21.7 Å². The van der Waals surface area contributed by atoms with Crippen LogP contribution in [0.5, 0.6) is 0 Å². The van der Waals surface area contributed by atoms with Gasteiger partial charge in [-0.25, -0.2) is 0 Å². The standard InChI is InChI=1S/C23H37NO2SSi/c1-18(2)22(21-14-15-27-16-21)24(23(4,5)17-25-28(6,7)8)26-19(3)20-12-10-9-11-13-20/h9-16,18-19,22H,17H2,1-8H3. The first kappa shape index (κ1) is 23.3. The molecule has 156 valence electrons. The molecule has 0 aliphatic heterocycles. The van der Waals surface area contributed by atoms with Crippen molar-refractivity contribution in [3.8, 4) is 0 Å². The first-order chi connectivity index (χ1) is 13.0. The highest BCUT2D eigenvalue weighted by molar-refractivity contribution is 7.08. The van der Waals surface area contributed by atoms with Crippen molar-refractivity contribution in [3.05, 3.63) is 58.3 Å². The number of hydroxylamine groups is 2. The Morgan fingerprint density at radius 2 is 1.64 bits per heavy atom. The lowest BCUT2D eigenvalue weighted by molar-refractivity contribution is -0.281. The van der Waals surface area contributed by atoms with E-state index in [2.05, 4.69) is 100 Å². The molecule has 0 saturated heterocycles. The zero-order valence-corrected chi connectivity index (χ0v) is 20.5. The van der Waals surface area contributed by atoms with E-state index in [0.29, 0.717) is 12.5 Å². The molecule has 2 aromatic rings. The van der Waals surface area contributed by atoms with Crippen LogP contribution in [0.2, 0.25) is 19.6 Å². The Hall–Kier alpha value is -0.983. The molecule has 3 nitrogen and oxygen atoms in total. The normalized spacial score (nSPS) is 15.2. The van der Waals surface area contributed by atoms with Gasteiger partial charge in [-0.2, -0.15) is 16.4 Å². The number of hydrogen-bond donors (Lipinski definition) is 0. The van der Waals surface area contributed by atoms with Crippen LogP contribution in [0.1, 0.15) is 57.9 Å². The maximum absolute atomic E-state index is 6.69. The molecule has 0 N–H and O–H groups in total. The van der Waals surface area contributed by atoms with Crippen LogP contribution in [0.4, 0.5) is 0 Å². The van der Waals surface area contributed by atoms with E-state index in [9.17, 15) is 0 Å². The van der Waals surface area contributed by atoms with Gasteiger partial charge in [-0.3, -0.25) is 4.84 Å². The monoisotopic (exact) mass is 419 g/mol. The smallest absolute Gasteiger partial charge is 0.183 e. The molecule has 2 atom stereocenters. The molecule has 0 fully saturated rings. The van der Waals surface area contributed by atoms with Crippen molar-refractivity contribution in [1.82, 2.24) is 5.06 Å². The maximum atomic E-state index is 6.69. The summed E-state index contributed by atoms with van der Waals surface area (Å²) < 4.78 is 6.33. The van der Waals surface area contributed by atoms with E-state index in [-0.39, 0.29) is 17.7 Å². The number of hydrogen-bond acceptors (Lipinski definition) is 4. The fraction of sp³-hybridized carbons (Fsp3) is 0.565. The van der Waals surface area contributed by atoms with E-state index in [4.69, 9.17) is 9.26 Å². The van der Waals surface area contributed by atoms with E-state index < -0.39 is 8.32 Å². The molecule has 2 rings (SSSR count). The van der Waals surface area contributed by atoms with Gasteiger partial charge in [0.15, 0.2) is 8.32 Å². The fourth-order valence-corrected chi connectivity index (χ4v) is 4.71. The highest BCUT2D eigenvalue weighted by Crippen LogP contribution is 2.38. The van der Waals surface area contributed by atoms with Crippen LogP contribution in [-0.2, 0) is 9.26 Å². The van der Waals surface area contributed by atoms with Gasteiger partial charge >= 0.3 is 0 Å². The molecule has 1 aromatic heterocycles. The molecule has 28 heavy (non-hydrogen) atoms. The van der Waals surface area contributed by atoms with E-state index in [1.54, 1.807) is 11.3 Å². The molecule has 1 heterocycles. The lowest BCUT2D eigenvalue weighted by Crippen LogP contribution is -2.52. The molecule has 0 bridgehead atoms. The Kier molecular flexibility index (Phi) is 8.05. The van der Waals surface area contributed by atoms with Crippen LogP contribution in [0.3, 0.4) is 0 Å². The lowest BCUT2D eigenvalue weighted by atomic mass is 9.93. The minimum atomic E-state index is -1.63. The van der Waals surface area contributed by atoms with Gasteiger partial charge in [0.25, 0.3) is 0 Å². The fourth-order valence-electron chi connectivity index (χ4n) is 3.23. The quantitative estimate of drug-likeness (QED) is 0.303. The van der Waals surface area contributed by atoms with E-state index in [1.165, 1.54) is 11.1 Å². The van der Waals surface area contributed by atoms with Crippen molar-refractivity contribution in [2.75, 3.05) is 6.61 Å². The minimum Gasteiger partial charge on any atom is -0.416 e. The van der Waals surface area contributed by atoms with E-state index in [1.807, 2.05) is 6.07 Å². The zero-order chi connectivity index (χ0) is 20.9. The predicted molar refractivity (Wildman–Crippen MR) is 123 cm³/mol. The SMILES string of the molecule is CC(ON(C(c1ccsc1)C(C)C)C(C)(C)CO[Si](C)(C)C)c1ccccc1. The van der Waals surface area contributed by atoms with Gasteiger partial charge in [0.2, 0.25) is 0 Å². The second kappa shape index (κ2) is 9.68. The van der Waals surface area contributed by atoms with Crippen molar-refractivity contribution in [2.24, 2.45) is 5.92 Å². The average Bonchev–Trinajstić information content (AvgIpc) is 3.13. The Labute approximate surface area is 176 Å². The Bertz CT molecular complexity index is 695. The summed E-state index contributed by atoms with van der Waals surface area (Å²) in [5.41, 5.74) is 2.23. The molecule has 0 amide bonds. The van der Waals surface area contributed by atoms with Gasteiger partial charge in [-0.05, 0) is 74.3 Å². The third-order valence-corrected chi connectivity index (χ3v) is 6.48. The summed E-state index contributed by atoms with van der Waals surface area (Å²) in [6.45, 7) is 18.5. The summed E-state index contributed by atoms with van der Waals surface area (Å²) >= 11 is 1.74. The summed E-state index contributed by atoms with van der Waals surface area (Å²) in [5.74, 6) is 0.406. The molecular weight excluding hydrogens is 382 g/mol. The van der Waals surface area contributed by atoms with Crippen LogP contribution >= 0.6 is 11.3 Å². The summed E-state index contributed by atoms with van der Waals surface area (Å²) in [6, 6.07) is 12.8.